The molecule has 2 aliphatic rings. The molecule has 0 radical (unpaired) electrons. The molecule has 0 aliphatic heterocycles. The van der Waals surface area contributed by atoms with Gasteiger partial charge in [0, 0.05) is 21.1 Å². The maximum absolute atomic E-state index is 14.7. The molecule has 6 nitrogen and oxygen atoms in total. The zero-order valence-corrected chi connectivity index (χ0v) is 24.7. The summed E-state index contributed by atoms with van der Waals surface area (Å²) in [4.78, 5) is 32.9. The van der Waals surface area contributed by atoms with Gasteiger partial charge in [-0.15, -0.1) is 0 Å². The van der Waals surface area contributed by atoms with Crippen molar-refractivity contribution in [3.8, 4) is 22.7 Å². The van der Waals surface area contributed by atoms with Crippen molar-refractivity contribution in [3.05, 3.63) is 98.7 Å². The molecular weight excluding hydrogens is 586 g/mol. The SMILES string of the molecule is COc1ccccc1-n1c(SCC(=O)Nc2ccc(Br)cc2)nc2c(c1=O)C1(CCCCC1)Cc1ccccc1-2. The van der Waals surface area contributed by atoms with Crippen LogP contribution in [0.4, 0.5) is 5.69 Å². The number of methoxy groups -OCH3 is 1. The van der Waals surface area contributed by atoms with Gasteiger partial charge in [-0.25, -0.2) is 4.98 Å². The van der Waals surface area contributed by atoms with Crippen molar-refractivity contribution >= 4 is 39.3 Å². The van der Waals surface area contributed by atoms with Crippen LogP contribution in [0.1, 0.15) is 43.2 Å². The van der Waals surface area contributed by atoms with Crippen LogP contribution in [0.3, 0.4) is 0 Å². The van der Waals surface area contributed by atoms with Gasteiger partial charge in [-0.1, -0.05) is 83.4 Å². The van der Waals surface area contributed by atoms with Crippen LogP contribution < -0.4 is 15.6 Å². The van der Waals surface area contributed by atoms with Crippen LogP contribution in [0, 0.1) is 0 Å². The van der Waals surface area contributed by atoms with Crippen molar-refractivity contribution in [3.63, 3.8) is 0 Å². The smallest absolute Gasteiger partial charge is 0.263 e. The fourth-order valence-electron chi connectivity index (χ4n) is 6.17. The number of hydrogen-bond donors (Lipinski definition) is 1. The number of benzene rings is 3. The molecule has 1 fully saturated rings. The predicted octanol–water partition coefficient (Wildman–Crippen LogP) is 7.16. The van der Waals surface area contributed by atoms with E-state index in [-0.39, 0.29) is 22.6 Å². The Morgan fingerprint density at radius 3 is 2.52 bits per heavy atom. The Kier molecular flexibility index (Phi) is 7.55. The van der Waals surface area contributed by atoms with Crippen molar-refractivity contribution in [2.75, 3.05) is 18.2 Å². The van der Waals surface area contributed by atoms with Gasteiger partial charge < -0.3 is 10.1 Å². The summed E-state index contributed by atoms with van der Waals surface area (Å²) in [6, 6.07) is 23.3. The Hall–Kier alpha value is -3.36. The van der Waals surface area contributed by atoms with E-state index in [1.807, 2.05) is 54.6 Å². The van der Waals surface area contributed by atoms with Gasteiger partial charge in [0.2, 0.25) is 5.91 Å². The van der Waals surface area contributed by atoms with E-state index in [9.17, 15) is 9.59 Å². The summed E-state index contributed by atoms with van der Waals surface area (Å²) in [6.07, 6.45) is 6.18. The monoisotopic (exact) mass is 615 g/mol. The minimum Gasteiger partial charge on any atom is -0.495 e. The fourth-order valence-corrected chi connectivity index (χ4v) is 7.24. The Morgan fingerprint density at radius 1 is 1.02 bits per heavy atom. The van der Waals surface area contributed by atoms with E-state index < -0.39 is 0 Å². The molecule has 8 heteroatoms. The van der Waals surface area contributed by atoms with Crippen LogP contribution in [-0.4, -0.2) is 28.3 Å². The minimum atomic E-state index is -0.238. The first-order valence-corrected chi connectivity index (χ1v) is 15.3. The number of thioether (sulfide) groups is 1. The lowest BCUT2D eigenvalue weighted by molar-refractivity contribution is -0.113. The van der Waals surface area contributed by atoms with Gasteiger partial charge in [0.25, 0.3) is 5.56 Å². The van der Waals surface area contributed by atoms with Gasteiger partial charge in [0.15, 0.2) is 5.16 Å². The first-order valence-electron chi connectivity index (χ1n) is 13.6. The van der Waals surface area contributed by atoms with Gasteiger partial charge in [-0.05, 0) is 61.2 Å². The number of nitrogens with one attached hydrogen (secondary N) is 1. The van der Waals surface area contributed by atoms with Gasteiger partial charge in [-0.2, -0.15) is 0 Å². The van der Waals surface area contributed by atoms with E-state index in [2.05, 4.69) is 39.4 Å². The third-order valence-corrected chi connectivity index (χ3v) is 9.45. The molecular formula is C32H30BrN3O3S. The lowest BCUT2D eigenvalue weighted by atomic mass is 9.62. The average Bonchev–Trinajstić information content (AvgIpc) is 2.97. The maximum Gasteiger partial charge on any atom is 0.263 e. The summed E-state index contributed by atoms with van der Waals surface area (Å²) in [6.45, 7) is 0. The highest BCUT2D eigenvalue weighted by Gasteiger charge is 2.43. The number of carbonyl (C=O) groups excluding carboxylic acids is 1. The number of fused-ring (bicyclic) bond motifs is 4. The third-order valence-electron chi connectivity index (χ3n) is 7.98. The molecule has 2 aliphatic carbocycles. The highest BCUT2D eigenvalue weighted by Crippen LogP contribution is 2.49. The molecule has 1 amide bonds. The van der Waals surface area contributed by atoms with Crippen LogP contribution in [0.5, 0.6) is 5.75 Å². The van der Waals surface area contributed by atoms with Crippen molar-refractivity contribution in [1.29, 1.82) is 0 Å². The number of amides is 1. The van der Waals surface area contributed by atoms with Crippen LogP contribution in [-0.2, 0) is 16.6 Å². The van der Waals surface area contributed by atoms with Gasteiger partial charge in [0.1, 0.15) is 5.75 Å². The summed E-state index contributed by atoms with van der Waals surface area (Å²) in [5.41, 5.74) is 4.85. The van der Waals surface area contributed by atoms with Gasteiger partial charge in [0.05, 0.1) is 29.8 Å². The number of para-hydroxylation sites is 2. The molecule has 0 bridgehead atoms. The molecule has 1 heterocycles. The zero-order chi connectivity index (χ0) is 27.7. The molecule has 6 rings (SSSR count). The second kappa shape index (κ2) is 11.3. The van der Waals surface area contributed by atoms with E-state index in [0.29, 0.717) is 22.3 Å². The third kappa shape index (κ3) is 4.99. The summed E-state index contributed by atoms with van der Waals surface area (Å²) < 4.78 is 8.29. The molecule has 204 valence electrons. The Morgan fingerprint density at radius 2 is 1.75 bits per heavy atom. The average molecular weight is 617 g/mol. The number of ether oxygens (including phenoxy) is 1. The van der Waals surface area contributed by atoms with E-state index in [1.165, 1.54) is 23.7 Å². The molecule has 0 atom stereocenters. The highest BCUT2D eigenvalue weighted by molar-refractivity contribution is 9.10. The van der Waals surface area contributed by atoms with Crippen LogP contribution >= 0.6 is 27.7 Å². The summed E-state index contributed by atoms with van der Waals surface area (Å²) in [5.74, 6) is 0.514. The molecule has 40 heavy (non-hydrogen) atoms. The van der Waals surface area contributed by atoms with Gasteiger partial charge >= 0.3 is 0 Å². The van der Waals surface area contributed by atoms with Crippen molar-refractivity contribution in [1.82, 2.24) is 9.55 Å². The standard InChI is InChI=1S/C32H30BrN3O3S/c1-39-26-12-6-5-11-25(26)36-30(38)28-29(24-10-4-3-9-21(24)19-32(28)17-7-2-8-18-32)35-31(36)40-20-27(37)34-23-15-13-22(33)14-16-23/h3-6,9-16H,2,7-8,17-20H2,1H3,(H,34,37). The number of carbonyl (C=O) groups is 1. The number of anilines is 1. The number of rotatable bonds is 6. The molecule has 0 unspecified atom stereocenters. The van der Waals surface area contributed by atoms with E-state index in [4.69, 9.17) is 9.72 Å². The second-order valence-electron chi connectivity index (χ2n) is 10.4. The van der Waals surface area contributed by atoms with E-state index >= 15 is 0 Å². The molecule has 0 saturated heterocycles. The van der Waals surface area contributed by atoms with E-state index in [0.717, 1.165) is 53.4 Å². The van der Waals surface area contributed by atoms with Crippen LogP contribution in [0.25, 0.3) is 16.9 Å². The topological polar surface area (TPSA) is 73.2 Å². The lowest BCUT2D eigenvalue weighted by Gasteiger charge is -2.42. The molecule has 1 saturated carbocycles. The molecule has 1 N–H and O–H groups in total. The van der Waals surface area contributed by atoms with Gasteiger partial charge in [-0.3, -0.25) is 14.2 Å². The molecule has 3 aromatic carbocycles. The Bertz CT molecular complexity index is 1630. The first-order chi connectivity index (χ1) is 19.5. The van der Waals surface area contributed by atoms with Crippen LogP contribution in [0.15, 0.2) is 87.2 Å². The summed E-state index contributed by atoms with van der Waals surface area (Å²) >= 11 is 4.69. The molecule has 4 aromatic rings. The largest absolute Gasteiger partial charge is 0.495 e. The van der Waals surface area contributed by atoms with Crippen molar-refractivity contribution in [2.24, 2.45) is 0 Å². The number of nitrogens with zero attached hydrogens (tertiary/aromatic N) is 2. The van der Waals surface area contributed by atoms with Crippen molar-refractivity contribution < 1.29 is 9.53 Å². The first kappa shape index (κ1) is 26.8. The number of halogens is 1. The fraction of sp³-hybridized carbons (Fsp3) is 0.281. The molecule has 1 spiro atoms. The number of aromatic nitrogens is 2. The Labute approximate surface area is 246 Å². The number of hydrogen-bond acceptors (Lipinski definition) is 5. The molecule has 1 aromatic heterocycles. The summed E-state index contributed by atoms with van der Waals surface area (Å²) in [7, 11) is 1.60. The highest BCUT2D eigenvalue weighted by atomic mass is 79.9. The van der Waals surface area contributed by atoms with Crippen molar-refractivity contribution in [2.45, 2.75) is 49.1 Å². The quantitative estimate of drug-likeness (QED) is 0.184. The predicted molar refractivity (Wildman–Crippen MR) is 164 cm³/mol. The minimum absolute atomic E-state index is 0.0679. The maximum atomic E-state index is 14.7. The lowest BCUT2D eigenvalue weighted by Crippen LogP contribution is -2.43. The second-order valence-corrected chi connectivity index (χ2v) is 12.3. The van der Waals surface area contributed by atoms with E-state index in [1.54, 1.807) is 11.7 Å². The zero-order valence-electron chi connectivity index (χ0n) is 22.3. The summed E-state index contributed by atoms with van der Waals surface area (Å²) in [5, 5.41) is 3.41. The normalized spacial score (nSPS) is 15.2. The van der Waals surface area contributed by atoms with Crippen LogP contribution in [0.2, 0.25) is 0 Å². The Balaban J connectivity index is 1.49.